The Hall–Kier alpha value is -1.31. The SMILES string of the molecule is NCc1cn(CCNCCc2cscn2)nn1. The summed E-state index contributed by atoms with van der Waals surface area (Å²) < 4.78 is 1.80. The Labute approximate surface area is 104 Å². The Balaban J connectivity index is 1.60. The molecule has 0 aliphatic carbocycles. The summed E-state index contributed by atoms with van der Waals surface area (Å²) in [6, 6.07) is 0. The third-order valence-corrected chi connectivity index (χ3v) is 2.99. The molecule has 0 atom stereocenters. The zero-order valence-electron chi connectivity index (χ0n) is 9.54. The summed E-state index contributed by atoms with van der Waals surface area (Å²) in [5, 5.41) is 13.3. The van der Waals surface area contributed by atoms with Gasteiger partial charge in [-0.3, -0.25) is 4.68 Å². The van der Waals surface area contributed by atoms with E-state index in [-0.39, 0.29) is 0 Å². The van der Waals surface area contributed by atoms with E-state index in [1.807, 2.05) is 11.7 Å². The molecule has 0 saturated heterocycles. The van der Waals surface area contributed by atoms with Crippen LogP contribution in [0.25, 0.3) is 0 Å². The van der Waals surface area contributed by atoms with Crippen LogP contribution in [0.5, 0.6) is 0 Å². The van der Waals surface area contributed by atoms with Crippen LogP contribution in [0.1, 0.15) is 11.4 Å². The second kappa shape index (κ2) is 6.43. The van der Waals surface area contributed by atoms with Crippen LogP contribution in [0.3, 0.4) is 0 Å². The van der Waals surface area contributed by atoms with Crippen molar-refractivity contribution in [2.45, 2.75) is 19.5 Å². The number of hydrogen-bond acceptors (Lipinski definition) is 6. The monoisotopic (exact) mass is 252 g/mol. The normalized spacial score (nSPS) is 10.9. The minimum atomic E-state index is 0.442. The quantitative estimate of drug-likeness (QED) is 0.679. The second-order valence-electron chi connectivity index (χ2n) is 3.66. The average Bonchev–Trinajstić information content (AvgIpc) is 2.99. The number of rotatable bonds is 7. The van der Waals surface area contributed by atoms with Crippen molar-refractivity contribution < 1.29 is 0 Å². The summed E-state index contributed by atoms with van der Waals surface area (Å²) in [5.41, 5.74) is 9.29. The molecular weight excluding hydrogens is 236 g/mol. The fourth-order valence-corrected chi connectivity index (χ4v) is 2.03. The van der Waals surface area contributed by atoms with Crippen LogP contribution in [-0.4, -0.2) is 33.1 Å². The lowest BCUT2D eigenvalue weighted by atomic mass is 10.3. The minimum Gasteiger partial charge on any atom is -0.325 e. The molecule has 0 spiro atoms. The van der Waals surface area contributed by atoms with E-state index < -0.39 is 0 Å². The predicted molar refractivity (Wildman–Crippen MR) is 66.6 cm³/mol. The van der Waals surface area contributed by atoms with Crippen LogP contribution >= 0.6 is 11.3 Å². The average molecular weight is 252 g/mol. The topological polar surface area (TPSA) is 81.6 Å². The van der Waals surface area contributed by atoms with Gasteiger partial charge in [0.1, 0.15) is 0 Å². The van der Waals surface area contributed by atoms with E-state index in [2.05, 4.69) is 26.0 Å². The van der Waals surface area contributed by atoms with Gasteiger partial charge >= 0.3 is 0 Å². The minimum absolute atomic E-state index is 0.442. The van der Waals surface area contributed by atoms with Gasteiger partial charge in [-0.1, -0.05) is 5.21 Å². The van der Waals surface area contributed by atoms with Gasteiger partial charge < -0.3 is 11.1 Å². The summed E-state index contributed by atoms with van der Waals surface area (Å²) in [7, 11) is 0. The molecule has 0 fully saturated rings. The zero-order valence-corrected chi connectivity index (χ0v) is 10.4. The van der Waals surface area contributed by atoms with Crippen LogP contribution in [0, 0.1) is 0 Å². The first-order chi connectivity index (χ1) is 8.38. The van der Waals surface area contributed by atoms with Crippen LogP contribution < -0.4 is 11.1 Å². The molecule has 0 aliphatic heterocycles. The Morgan fingerprint density at radius 3 is 3.00 bits per heavy atom. The number of nitrogens with two attached hydrogens (primary N) is 1. The fraction of sp³-hybridized carbons (Fsp3) is 0.500. The third kappa shape index (κ3) is 3.88. The highest BCUT2D eigenvalue weighted by molar-refractivity contribution is 7.07. The van der Waals surface area contributed by atoms with Crippen molar-refractivity contribution in [2.75, 3.05) is 13.1 Å². The summed E-state index contributed by atoms with van der Waals surface area (Å²) in [6.07, 6.45) is 2.84. The van der Waals surface area contributed by atoms with E-state index in [1.54, 1.807) is 16.0 Å². The lowest BCUT2D eigenvalue weighted by Gasteiger charge is -2.02. The van der Waals surface area contributed by atoms with E-state index in [1.165, 1.54) is 0 Å². The molecule has 0 bridgehead atoms. The van der Waals surface area contributed by atoms with Gasteiger partial charge in [-0.05, 0) is 0 Å². The molecular formula is C10H16N6S. The molecule has 0 aliphatic rings. The number of nitrogens with zero attached hydrogens (tertiary/aromatic N) is 4. The summed E-state index contributed by atoms with van der Waals surface area (Å²) in [5.74, 6) is 0. The summed E-state index contributed by atoms with van der Waals surface area (Å²) in [6.45, 7) is 3.06. The number of aromatic nitrogens is 4. The Kier molecular flexibility index (Phi) is 4.60. The van der Waals surface area contributed by atoms with E-state index >= 15 is 0 Å². The van der Waals surface area contributed by atoms with E-state index in [0.717, 1.165) is 37.4 Å². The van der Waals surface area contributed by atoms with Gasteiger partial charge in [-0.15, -0.1) is 16.4 Å². The second-order valence-corrected chi connectivity index (χ2v) is 4.38. The van der Waals surface area contributed by atoms with Crippen LogP contribution in [-0.2, 0) is 19.5 Å². The smallest absolute Gasteiger partial charge is 0.0962 e. The Bertz CT molecular complexity index is 424. The first-order valence-electron chi connectivity index (χ1n) is 5.55. The van der Waals surface area contributed by atoms with E-state index in [0.29, 0.717) is 6.54 Å². The van der Waals surface area contributed by atoms with Crippen molar-refractivity contribution in [3.8, 4) is 0 Å². The fourth-order valence-electron chi connectivity index (χ4n) is 1.44. The van der Waals surface area contributed by atoms with Crippen molar-refractivity contribution >= 4 is 11.3 Å². The number of hydrogen-bond donors (Lipinski definition) is 2. The summed E-state index contributed by atoms with van der Waals surface area (Å²) in [4.78, 5) is 4.22. The molecule has 2 rings (SSSR count). The largest absolute Gasteiger partial charge is 0.325 e. The molecule has 0 radical (unpaired) electrons. The van der Waals surface area contributed by atoms with Gasteiger partial charge in [0.15, 0.2) is 0 Å². The molecule has 6 nitrogen and oxygen atoms in total. The van der Waals surface area contributed by atoms with E-state index in [4.69, 9.17) is 5.73 Å². The lowest BCUT2D eigenvalue weighted by Crippen LogP contribution is -2.22. The Morgan fingerprint density at radius 2 is 2.29 bits per heavy atom. The molecule has 3 N–H and O–H groups in total. The van der Waals surface area contributed by atoms with Gasteiger partial charge in [0.2, 0.25) is 0 Å². The predicted octanol–water partition coefficient (Wildman–Crippen LogP) is 0.0256. The molecule has 7 heteroatoms. The van der Waals surface area contributed by atoms with E-state index in [9.17, 15) is 0 Å². The van der Waals surface area contributed by atoms with Crippen molar-refractivity contribution in [1.29, 1.82) is 0 Å². The van der Waals surface area contributed by atoms with Gasteiger partial charge in [-0.2, -0.15) is 0 Å². The first kappa shape index (κ1) is 12.2. The molecule has 0 saturated carbocycles. The van der Waals surface area contributed by atoms with Crippen molar-refractivity contribution in [3.05, 3.63) is 28.5 Å². The zero-order chi connectivity index (χ0) is 11.9. The molecule has 2 aromatic rings. The van der Waals surface area contributed by atoms with Gasteiger partial charge in [-0.25, -0.2) is 4.98 Å². The Morgan fingerprint density at radius 1 is 1.35 bits per heavy atom. The van der Waals surface area contributed by atoms with Crippen molar-refractivity contribution in [2.24, 2.45) is 5.73 Å². The highest BCUT2D eigenvalue weighted by atomic mass is 32.1. The number of nitrogens with one attached hydrogen (secondary N) is 1. The maximum atomic E-state index is 5.46. The molecule has 92 valence electrons. The standard InChI is InChI=1S/C10H16N6S/c11-5-10-6-16(15-14-10)4-3-12-2-1-9-7-17-8-13-9/h6-8,12H,1-5,11H2. The highest BCUT2D eigenvalue weighted by Crippen LogP contribution is 2.00. The van der Waals surface area contributed by atoms with Crippen LogP contribution in [0.15, 0.2) is 17.1 Å². The first-order valence-corrected chi connectivity index (χ1v) is 6.49. The van der Waals surface area contributed by atoms with Crippen LogP contribution in [0.2, 0.25) is 0 Å². The molecule has 0 aromatic carbocycles. The lowest BCUT2D eigenvalue weighted by molar-refractivity contribution is 0.541. The van der Waals surface area contributed by atoms with Crippen molar-refractivity contribution in [1.82, 2.24) is 25.3 Å². The van der Waals surface area contributed by atoms with Crippen molar-refractivity contribution in [3.63, 3.8) is 0 Å². The molecule has 0 amide bonds. The molecule has 2 heterocycles. The molecule has 17 heavy (non-hydrogen) atoms. The molecule has 0 unspecified atom stereocenters. The van der Waals surface area contributed by atoms with Crippen LogP contribution in [0.4, 0.5) is 0 Å². The maximum Gasteiger partial charge on any atom is 0.0962 e. The summed E-state index contributed by atoms with van der Waals surface area (Å²) >= 11 is 1.63. The number of thiazole rings is 1. The van der Waals surface area contributed by atoms with Gasteiger partial charge in [0, 0.05) is 37.6 Å². The van der Waals surface area contributed by atoms with Gasteiger partial charge in [0.05, 0.1) is 23.4 Å². The van der Waals surface area contributed by atoms with Gasteiger partial charge in [0.25, 0.3) is 0 Å². The third-order valence-electron chi connectivity index (χ3n) is 2.35. The molecule has 2 aromatic heterocycles. The maximum absolute atomic E-state index is 5.46. The highest BCUT2D eigenvalue weighted by Gasteiger charge is 1.98.